The summed E-state index contributed by atoms with van der Waals surface area (Å²) in [6.45, 7) is 2.54. The number of nitrogens with zero attached hydrogens (tertiary/aromatic N) is 1. The van der Waals surface area contributed by atoms with Gasteiger partial charge in [0.2, 0.25) is 0 Å². The normalized spacial score (nSPS) is 11.6. The molecule has 0 fully saturated rings. The molecule has 0 radical (unpaired) electrons. The highest BCUT2D eigenvalue weighted by Gasteiger charge is 2.16. The number of anilines is 1. The van der Waals surface area contributed by atoms with E-state index in [1.165, 1.54) is 0 Å². The van der Waals surface area contributed by atoms with Gasteiger partial charge in [-0.25, -0.2) is 13.4 Å². The van der Waals surface area contributed by atoms with E-state index in [1.807, 2.05) is 38.2 Å². The molecule has 3 rings (SSSR count). The molecule has 0 saturated carbocycles. The Morgan fingerprint density at radius 3 is 2.46 bits per heavy atom. The molecule has 0 aliphatic carbocycles. The number of hydrogen-bond acceptors (Lipinski definition) is 4. The highest BCUT2D eigenvalue weighted by molar-refractivity contribution is 7.92. The molecule has 0 atom stereocenters. The summed E-state index contributed by atoms with van der Waals surface area (Å²) in [5, 5.41) is 3.93. The summed E-state index contributed by atoms with van der Waals surface area (Å²) in [5.41, 5.74) is 2.98. The molecule has 5 nitrogen and oxygen atoms in total. The van der Waals surface area contributed by atoms with Gasteiger partial charge in [0.25, 0.3) is 10.0 Å². The fourth-order valence-corrected chi connectivity index (χ4v) is 3.54. The molecule has 0 unspecified atom stereocenters. The molecule has 1 heterocycles. The fraction of sp³-hybridized carbons (Fsp3) is 0.167. The van der Waals surface area contributed by atoms with Gasteiger partial charge in [0.15, 0.2) is 0 Å². The minimum Gasteiger partial charge on any atom is -0.314 e. The number of benzene rings is 2. The summed E-state index contributed by atoms with van der Waals surface area (Å²) in [6.07, 6.45) is 0. The molecule has 2 aromatic carbocycles. The zero-order valence-corrected chi connectivity index (χ0v) is 14.4. The lowest BCUT2D eigenvalue weighted by Crippen LogP contribution is -2.14. The number of sulfonamides is 1. The molecule has 0 spiro atoms. The van der Waals surface area contributed by atoms with Crippen molar-refractivity contribution < 1.29 is 8.42 Å². The summed E-state index contributed by atoms with van der Waals surface area (Å²) >= 11 is 0. The number of hydrogen-bond donors (Lipinski definition) is 2. The largest absolute Gasteiger partial charge is 0.314 e. The first kappa shape index (κ1) is 16.4. The number of pyridine rings is 1. The summed E-state index contributed by atoms with van der Waals surface area (Å²) in [4.78, 5) is 4.80. The van der Waals surface area contributed by atoms with Crippen molar-refractivity contribution in [3.63, 3.8) is 0 Å². The molecule has 0 amide bonds. The van der Waals surface area contributed by atoms with E-state index in [0.29, 0.717) is 17.7 Å². The maximum atomic E-state index is 12.6. The average Bonchev–Trinajstić information content (AvgIpc) is 2.56. The van der Waals surface area contributed by atoms with Crippen LogP contribution in [0.4, 0.5) is 5.69 Å². The van der Waals surface area contributed by atoms with Crippen LogP contribution < -0.4 is 10.0 Å². The Kier molecular flexibility index (Phi) is 4.51. The predicted molar refractivity (Wildman–Crippen MR) is 96.5 cm³/mol. The van der Waals surface area contributed by atoms with Crippen LogP contribution >= 0.6 is 0 Å². The first-order valence-corrected chi connectivity index (χ1v) is 9.11. The van der Waals surface area contributed by atoms with Gasteiger partial charge in [-0.05, 0) is 38.2 Å². The average molecular weight is 341 g/mol. The van der Waals surface area contributed by atoms with E-state index in [9.17, 15) is 8.42 Å². The van der Waals surface area contributed by atoms with E-state index in [4.69, 9.17) is 0 Å². The van der Waals surface area contributed by atoms with Gasteiger partial charge in [0, 0.05) is 11.9 Å². The van der Waals surface area contributed by atoms with Crippen molar-refractivity contribution >= 4 is 26.6 Å². The Bertz CT molecular complexity index is 967. The van der Waals surface area contributed by atoms with Gasteiger partial charge in [-0.15, -0.1) is 0 Å². The quantitative estimate of drug-likeness (QED) is 0.748. The lowest BCUT2D eigenvalue weighted by Gasteiger charge is -2.11. The molecule has 3 aromatic rings. The maximum Gasteiger partial charge on any atom is 0.261 e. The minimum atomic E-state index is -3.65. The third-order valence-electron chi connectivity index (χ3n) is 3.71. The van der Waals surface area contributed by atoms with Gasteiger partial charge in [0.05, 0.1) is 21.8 Å². The van der Waals surface area contributed by atoms with Crippen LogP contribution in [0.15, 0.2) is 59.5 Å². The first-order chi connectivity index (χ1) is 11.5. The third-order valence-corrected chi connectivity index (χ3v) is 5.09. The lowest BCUT2D eigenvalue weighted by atomic mass is 10.2. The fourth-order valence-electron chi connectivity index (χ4n) is 2.47. The number of fused-ring (bicyclic) bond motifs is 1. The summed E-state index contributed by atoms with van der Waals surface area (Å²) in [6, 6.07) is 16.1. The van der Waals surface area contributed by atoms with Crippen LogP contribution in [0.1, 0.15) is 11.3 Å². The Balaban J connectivity index is 2.02. The molecule has 24 heavy (non-hydrogen) atoms. The van der Waals surface area contributed by atoms with Crippen molar-refractivity contribution in [2.45, 2.75) is 18.4 Å². The van der Waals surface area contributed by atoms with E-state index < -0.39 is 10.0 Å². The Morgan fingerprint density at radius 1 is 1.00 bits per heavy atom. The van der Waals surface area contributed by atoms with Gasteiger partial charge >= 0.3 is 0 Å². The molecule has 6 heteroatoms. The van der Waals surface area contributed by atoms with Crippen LogP contribution in [0, 0.1) is 6.92 Å². The van der Waals surface area contributed by atoms with Crippen LogP contribution in [-0.4, -0.2) is 20.4 Å². The van der Waals surface area contributed by atoms with Crippen molar-refractivity contribution in [3.05, 3.63) is 65.9 Å². The Morgan fingerprint density at radius 2 is 1.75 bits per heavy atom. The molecule has 124 valence electrons. The zero-order chi connectivity index (χ0) is 17.2. The van der Waals surface area contributed by atoms with E-state index >= 15 is 0 Å². The summed E-state index contributed by atoms with van der Waals surface area (Å²) in [5.74, 6) is 0. The number of para-hydroxylation sites is 1. The van der Waals surface area contributed by atoms with Crippen molar-refractivity contribution in [1.82, 2.24) is 10.3 Å². The molecule has 2 N–H and O–H groups in total. The molecule has 0 saturated heterocycles. The highest BCUT2D eigenvalue weighted by atomic mass is 32.2. The number of nitrogens with one attached hydrogen (secondary N) is 2. The van der Waals surface area contributed by atoms with Crippen molar-refractivity contribution in [2.75, 3.05) is 11.8 Å². The molecular formula is C18H19N3O2S. The van der Waals surface area contributed by atoms with Crippen LogP contribution in [0.25, 0.3) is 10.9 Å². The zero-order valence-electron chi connectivity index (χ0n) is 13.6. The topological polar surface area (TPSA) is 71.1 Å². The number of aromatic nitrogens is 1. The van der Waals surface area contributed by atoms with Crippen LogP contribution in [-0.2, 0) is 16.6 Å². The minimum absolute atomic E-state index is 0.233. The lowest BCUT2D eigenvalue weighted by molar-refractivity contribution is 0.601. The summed E-state index contributed by atoms with van der Waals surface area (Å²) < 4.78 is 27.9. The first-order valence-electron chi connectivity index (χ1n) is 7.62. The van der Waals surface area contributed by atoms with Crippen molar-refractivity contribution in [1.29, 1.82) is 0 Å². The standard InChI is InChI=1S/C18H19N3O2S/c1-13-6-10-16(11-7-13)24(22,23)21-17-5-3-4-14-8-9-15(12-19-2)20-18(14)17/h3-11,19,21H,12H2,1-2H3. The Hall–Kier alpha value is -2.44. The van der Waals surface area contributed by atoms with Crippen molar-refractivity contribution in [2.24, 2.45) is 0 Å². The molecule has 0 aliphatic heterocycles. The SMILES string of the molecule is CNCc1ccc2cccc(NS(=O)(=O)c3ccc(C)cc3)c2n1. The maximum absolute atomic E-state index is 12.6. The molecular weight excluding hydrogens is 322 g/mol. The van der Waals surface area contributed by atoms with Gasteiger partial charge in [-0.2, -0.15) is 0 Å². The molecule has 1 aromatic heterocycles. The van der Waals surface area contributed by atoms with E-state index in [2.05, 4.69) is 15.0 Å². The second-order valence-electron chi connectivity index (χ2n) is 5.63. The van der Waals surface area contributed by atoms with Crippen LogP contribution in [0.2, 0.25) is 0 Å². The van der Waals surface area contributed by atoms with Crippen LogP contribution in [0.5, 0.6) is 0 Å². The monoisotopic (exact) mass is 341 g/mol. The number of aryl methyl sites for hydroxylation is 1. The predicted octanol–water partition coefficient (Wildman–Crippen LogP) is 3.06. The highest BCUT2D eigenvalue weighted by Crippen LogP contribution is 2.24. The van der Waals surface area contributed by atoms with Crippen LogP contribution in [0.3, 0.4) is 0 Å². The Labute approximate surface area is 141 Å². The molecule has 0 bridgehead atoms. The third kappa shape index (κ3) is 3.39. The van der Waals surface area contributed by atoms with Gasteiger partial charge in [-0.3, -0.25) is 4.72 Å². The van der Waals surface area contributed by atoms with Gasteiger partial charge < -0.3 is 5.32 Å². The van der Waals surface area contributed by atoms with Crippen molar-refractivity contribution in [3.8, 4) is 0 Å². The van der Waals surface area contributed by atoms with E-state index in [1.54, 1.807) is 30.3 Å². The van der Waals surface area contributed by atoms with E-state index in [0.717, 1.165) is 16.6 Å². The molecule has 0 aliphatic rings. The number of rotatable bonds is 5. The van der Waals surface area contributed by atoms with Gasteiger partial charge in [0.1, 0.15) is 0 Å². The van der Waals surface area contributed by atoms with E-state index in [-0.39, 0.29) is 4.90 Å². The second-order valence-corrected chi connectivity index (χ2v) is 7.31. The van der Waals surface area contributed by atoms with Gasteiger partial charge in [-0.1, -0.05) is 35.9 Å². The summed E-state index contributed by atoms with van der Waals surface area (Å²) in [7, 11) is -1.81. The second kappa shape index (κ2) is 6.59. The smallest absolute Gasteiger partial charge is 0.261 e.